The highest BCUT2D eigenvalue weighted by Gasteiger charge is 2.51. The molecule has 0 bridgehead atoms. The van der Waals surface area contributed by atoms with Gasteiger partial charge in [0.1, 0.15) is 11.0 Å². The highest BCUT2D eigenvalue weighted by molar-refractivity contribution is 7.93. The first-order chi connectivity index (χ1) is 15.3. The molecule has 0 unspecified atom stereocenters. The van der Waals surface area contributed by atoms with Crippen LogP contribution in [0.5, 0.6) is 0 Å². The molecule has 1 aliphatic carbocycles. The average molecular weight is 475 g/mol. The van der Waals surface area contributed by atoms with Crippen LogP contribution < -0.4 is 4.31 Å². The molecule has 6 nitrogen and oxygen atoms in total. The van der Waals surface area contributed by atoms with Crippen LogP contribution in [0.25, 0.3) is 0 Å². The third-order valence-corrected chi connectivity index (χ3v) is 10.4. The number of ether oxygens (including phenoxy) is 1. The van der Waals surface area contributed by atoms with Crippen LogP contribution in [0.3, 0.4) is 0 Å². The monoisotopic (exact) mass is 474 g/mol. The number of likely N-dealkylation sites (tertiary alicyclic amines) is 1. The van der Waals surface area contributed by atoms with Crippen molar-refractivity contribution in [2.45, 2.75) is 62.9 Å². The number of esters is 1. The lowest BCUT2D eigenvalue weighted by molar-refractivity contribution is -0.148. The first-order valence-corrected chi connectivity index (χ1v) is 13.7. The number of fused-ring (bicyclic) bond motifs is 5. The van der Waals surface area contributed by atoms with Gasteiger partial charge in [0.05, 0.1) is 11.5 Å². The van der Waals surface area contributed by atoms with Gasteiger partial charge >= 0.3 is 5.97 Å². The van der Waals surface area contributed by atoms with Crippen molar-refractivity contribution in [3.05, 3.63) is 45.8 Å². The summed E-state index contributed by atoms with van der Waals surface area (Å²) >= 11 is 1.65. The maximum absolute atomic E-state index is 13.8. The maximum Gasteiger partial charge on any atom is 0.323 e. The van der Waals surface area contributed by atoms with Gasteiger partial charge in [0.15, 0.2) is 0 Å². The number of sulfonamides is 1. The fourth-order valence-corrected chi connectivity index (χ4v) is 8.82. The third kappa shape index (κ3) is 3.38. The summed E-state index contributed by atoms with van der Waals surface area (Å²) in [5.41, 5.74) is 3.50. The number of hydrogen-bond donors (Lipinski definition) is 0. The molecule has 0 saturated carbocycles. The fourth-order valence-electron chi connectivity index (χ4n) is 5.63. The predicted octanol–water partition coefficient (Wildman–Crippen LogP) is 4.07. The molecule has 3 aliphatic rings. The zero-order valence-electron chi connectivity index (χ0n) is 18.8. The molecule has 3 heterocycles. The second kappa shape index (κ2) is 8.15. The molecular weight excluding hydrogens is 444 g/mol. The molecule has 0 N–H and O–H groups in total. The highest BCUT2D eigenvalue weighted by Crippen LogP contribution is 2.55. The Morgan fingerprint density at radius 1 is 1.19 bits per heavy atom. The van der Waals surface area contributed by atoms with E-state index in [4.69, 9.17) is 4.74 Å². The topological polar surface area (TPSA) is 66.9 Å². The fraction of sp³-hybridized carbons (Fsp3) is 0.542. The molecule has 1 saturated heterocycles. The molecule has 2 aromatic rings. The van der Waals surface area contributed by atoms with E-state index in [-0.39, 0.29) is 24.0 Å². The molecule has 5 rings (SSSR count). The van der Waals surface area contributed by atoms with E-state index in [1.807, 2.05) is 33.0 Å². The summed E-state index contributed by atoms with van der Waals surface area (Å²) in [5.74, 6) is -0.147. The highest BCUT2D eigenvalue weighted by atomic mass is 32.2. The molecule has 1 fully saturated rings. The predicted molar refractivity (Wildman–Crippen MR) is 126 cm³/mol. The molecule has 0 amide bonds. The number of carbonyl (C=O) groups is 1. The normalized spacial score (nSPS) is 25.2. The van der Waals surface area contributed by atoms with Crippen LogP contribution in [0.2, 0.25) is 0 Å². The van der Waals surface area contributed by atoms with Crippen molar-refractivity contribution >= 4 is 32.3 Å². The van der Waals surface area contributed by atoms with Crippen molar-refractivity contribution in [3.8, 4) is 0 Å². The molecule has 1 aromatic heterocycles. The minimum atomic E-state index is -3.69. The number of likely N-dealkylation sites (N-methyl/N-ethyl adjacent to an activating group) is 1. The van der Waals surface area contributed by atoms with Crippen LogP contribution in [-0.4, -0.2) is 45.5 Å². The lowest BCUT2D eigenvalue weighted by atomic mass is 9.85. The molecule has 0 radical (unpaired) electrons. The molecule has 3 atom stereocenters. The van der Waals surface area contributed by atoms with Crippen LogP contribution in [0.4, 0.5) is 5.00 Å². The Balaban J connectivity index is 1.61. The Kier molecular flexibility index (Phi) is 5.58. The van der Waals surface area contributed by atoms with Gasteiger partial charge in [0.2, 0.25) is 0 Å². The van der Waals surface area contributed by atoms with Gasteiger partial charge in [-0.25, -0.2) is 8.42 Å². The Morgan fingerprint density at radius 2 is 1.91 bits per heavy atom. The van der Waals surface area contributed by atoms with E-state index in [1.165, 1.54) is 10.4 Å². The molecule has 0 spiro atoms. The van der Waals surface area contributed by atoms with E-state index >= 15 is 0 Å². The van der Waals surface area contributed by atoms with Crippen LogP contribution in [-0.2, 0) is 32.4 Å². The van der Waals surface area contributed by atoms with Crippen molar-refractivity contribution in [1.82, 2.24) is 4.90 Å². The minimum Gasteiger partial charge on any atom is -0.465 e. The lowest BCUT2D eigenvalue weighted by Gasteiger charge is -2.38. The van der Waals surface area contributed by atoms with E-state index in [9.17, 15) is 13.2 Å². The summed E-state index contributed by atoms with van der Waals surface area (Å²) in [6, 6.07) is 6.82. The molecule has 32 heavy (non-hydrogen) atoms. The molecule has 1 aromatic carbocycles. The summed E-state index contributed by atoms with van der Waals surface area (Å²) in [7, 11) is -1.69. The van der Waals surface area contributed by atoms with Gasteiger partial charge in [-0.3, -0.25) is 14.0 Å². The van der Waals surface area contributed by atoms with Gasteiger partial charge in [-0.2, -0.15) is 0 Å². The van der Waals surface area contributed by atoms with Gasteiger partial charge in [-0.05, 0) is 76.6 Å². The first kappa shape index (κ1) is 21.9. The van der Waals surface area contributed by atoms with Crippen molar-refractivity contribution < 1.29 is 17.9 Å². The zero-order chi connectivity index (χ0) is 22.6. The molecule has 172 valence electrons. The lowest BCUT2D eigenvalue weighted by Crippen LogP contribution is -2.42. The van der Waals surface area contributed by atoms with E-state index < -0.39 is 10.0 Å². The number of benzene rings is 1. The van der Waals surface area contributed by atoms with Crippen LogP contribution in [0.15, 0.2) is 29.2 Å². The zero-order valence-corrected chi connectivity index (χ0v) is 20.5. The van der Waals surface area contributed by atoms with Crippen LogP contribution >= 0.6 is 11.3 Å². The first-order valence-electron chi connectivity index (χ1n) is 11.4. The molecular formula is C24H30N2O4S2. The van der Waals surface area contributed by atoms with Crippen molar-refractivity contribution in [3.63, 3.8) is 0 Å². The quantitative estimate of drug-likeness (QED) is 0.625. The summed E-state index contributed by atoms with van der Waals surface area (Å²) in [6.07, 6.45) is 4.88. The van der Waals surface area contributed by atoms with Gasteiger partial charge < -0.3 is 4.74 Å². The summed E-state index contributed by atoms with van der Waals surface area (Å²) in [5, 5.41) is 0.857. The van der Waals surface area contributed by atoms with Gasteiger partial charge in [0.25, 0.3) is 10.0 Å². The number of anilines is 1. The Morgan fingerprint density at radius 3 is 2.62 bits per heavy atom. The average Bonchev–Trinajstić information content (AvgIpc) is 3.31. The second-order valence-electron chi connectivity index (χ2n) is 9.15. The Hall–Kier alpha value is -1.90. The second-order valence-corrected chi connectivity index (χ2v) is 12.1. The smallest absolute Gasteiger partial charge is 0.323 e. The van der Waals surface area contributed by atoms with E-state index in [0.717, 1.165) is 41.8 Å². The van der Waals surface area contributed by atoms with E-state index in [1.54, 1.807) is 27.8 Å². The van der Waals surface area contributed by atoms with Gasteiger partial charge in [0, 0.05) is 23.0 Å². The van der Waals surface area contributed by atoms with Crippen LogP contribution in [0.1, 0.15) is 53.8 Å². The minimum absolute atomic E-state index is 0.0574. The number of aryl methyl sites for hydroxylation is 2. The number of carbonyl (C=O) groups excluding carboxylic acids is 1. The van der Waals surface area contributed by atoms with E-state index in [2.05, 4.69) is 4.90 Å². The number of hydrogen-bond acceptors (Lipinski definition) is 6. The standard InChI is InChI=1S/C24H30N2O4S2/c1-4-30-24(27)19-13-16-14-26(32(28,29)17-11-9-15(2)10-12-17)23-21(22(16)25(19)3)18-7-5-6-8-20(18)31-23/h9-12,16,19,22H,4-8,13-14H2,1-3H3/t16-,19-,22-/m1/s1. The number of rotatable bonds is 4. The number of thiophene rings is 1. The van der Waals surface area contributed by atoms with Crippen LogP contribution in [0, 0.1) is 12.8 Å². The van der Waals surface area contributed by atoms with Crippen molar-refractivity contribution in [2.24, 2.45) is 5.92 Å². The van der Waals surface area contributed by atoms with Gasteiger partial charge in [-0.15, -0.1) is 11.3 Å². The van der Waals surface area contributed by atoms with Crippen molar-refractivity contribution in [2.75, 3.05) is 24.5 Å². The van der Waals surface area contributed by atoms with Crippen molar-refractivity contribution in [1.29, 1.82) is 0 Å². The summed E-state index contributed by atoms with van der Waals surface area (Å²) in [4.78, 5) is 16.5. The third-order valence-electron chi connectivity index (χ3n) is 7.19. The summed E-state index contributed by atoms with van der Waals surface area (Å²) < 4.78 is 34.6. The largest absolute Gasteiger partial charge is 0.465 e. The number of nitrogens with zero attached hydrogens (tertiary/aromatic N) is 2. The molecule has 8 heteroatoms. The molecule has 2 aliphatic heterocycles. The Labute approximate surface area is 194 Å². The van der Waals surface area contributed by atoms with E-state index in [0.29, 0.717) is 24.5 Å². The Bertz CT molecular complexity index is 1140. The van der Waals surface area contributed by atoms with Gasteiger partial charge in [-0.1, -0.05) is 17.7 Å². The maximum atomic E-state index is 13.8. The SMILES string of the molecule is CCOC(=O)[C@H]1C[C@@H]2CN(S(=O)(=O)c3ccc(C)cc3)c3sc4c(c3[C@@H]2N1C)CCCC4. The summed E-state index contributed by atoms with van der Waals surface area (Å²) in [6.45, 7) is 4.53.